The smallest absolute Gasteiger partial charge is 0.310 e. The van der Waals surface area contributed by atoms with Gasteiger partial charge in [0.25, 0.3) is 0 Å². The lowest BCUT2D eigenvalue weighted by molar-refractivity contribution is -0.160. The zero-order valence-corrected chi connectivity index (χ0v) is 14.2. The van der Waals surface area contributed by atoms with Crippen molar-refractivity contribution in [2.75, 3.05) is 13.2 Å². The van der Waals surface area contributed by atoms with Crippen molar-refractivity contribution in [3.05, 3.63) is 48.0 Å². The predicted octanol–water partition coefficient (Wildman–Crippen LogP) is 2.80. The number of ketones is 1. The maximum absolute atomic E-state index is 12.5. The number of rotatable bonds is 7. The second-order valence-electron chi connectivity index (χ2n) is 6.56. The molecule has 0 saturated heterocycles. The molecule has 1 aromatic carbocycles. The minimum atomic E-state index is -0.553. The molecule has 1 fully saturated rings. The summed E-state index contributed by atoms with van der Waals surface area (Å²) in [5, 5.41) is 0. The summed E-state index contributed by atoms with van der Waals surface area (Å²) in [5.74, 6) is -2.11. The molecule has 1 saturated carbocycles. The standard InChI is InChI=1S/C20H22O5/c1-2-10-24-19(22)17-14-8-9-15(11-14)18(17)20(23)25-12-16(21)13-6-4-3-5-7-13/h3-9,14-15,17-18H,2,10-12H2,1H3/t14-,15+,17-,18+/m1/s1. The first-order valence-corrected chi connectivity index (χ1v) is 8.71. The van der Waals surface area contributed by atoms with Gasteiger partial charge in [-0.3, -0.25) is 14.4 Å². The van der Waals surface area contributed by atoms with Crippen LogP contribution in [-0.2, 0) is 19.1 Å². The van der Waals surface area contributed by atoms with Crippen molar-refractivity contribution in [3.63, 3.8) is 0 Å². The lowest BCUT2D eigenvalue weighted by atomic mass is 9.83. The highest BCUT2D eigenvalue weighted by Crippen LogP contribution is 2.49. The van der Waals surface area contributed by atoms with Crippen molar-refractivity contribution in [2.45, 2.75) is 19.8 Å². The molecule has 4 atom stereocenters. The van der Waals surface area contributed by atoms with E-state index in [1.54, 1.807) is 24.3 Å². The number of ether oxygens (including phenoxy) is 2. The van der Waals surface area contributed by atoms with Crippen LogP contribution in [0.15, 0.2) is 42.5 Å². The van der Waals surface area contributed by atoms with Gasteiger partial charge in [0, 0.05) is 5.56 Å². The molecule has 0 heterocycles. The van der Waals surface area contributed by atoms with E-state index in [0.717, 1.165) is 12.8 Å². The van der Waals surface area contributed by atoms with Gasteiger partial charge >= 0.3 is 11.9 Å². The summed E-state index contributed by atoms with van der Waals surface area (Å²) in [6.07, 6.45) is 5.46. The van der Waals surface area contributed by atoms with Crippen LogP contribution in [0, 0.1) is 23.7 Å². The van der Waals surface area contributed by atoms with Crippen molar-refractivity contribution in [2.24, 2.45) is 23.7 Å². The van der Waals surface area contributed by atoms with Crippen molar-refractivity contribution < 1.29 is 23.9 Å². The second-order valence-corrected chi connectivity index (χ2v) is 6.56. The van der Waals surface area contributed by atoms with Crippen LogP contribution in [-0.4, -0.2) is 30.9 Å². The van der Waals surface area contributed by atoms with Crippen molar-refractivity contribution >= 4 is 17.7 Å². The Labute approximate surface area is 147 Å². The molecule has 0 radical (unpaired) electrons. The van der Waals surface area contributed by atoms with Crippen LogP contribution in [0.4, 0.5) is 0 Å². The fourth-order valence-electron chi connectivity index (χ4n) is 3.70. The molecule has 2 aliphatic rings. The highest BCUT2D eigenvalue weighted by molar-refractivity contribution is 5.98. The highest BCUT2D eigenvalue weighted by Gasteiger charge is 2.53. The van der Waals surface area contributed by atoms with Crippen LogP contribution in [0.5, 0.6) is 0 Å². The van der Waals surface area contributed by atoms with Gasteiger partial charge in [-0.1, -0.05) is 49.4 Å². The number of hydrogen-bond donors (Lipinski definition) is 0. The lowest BCUT2D eigenvalue weighted by Gasteiger charge is -2.24. The highest BCUT2D eigenvalue weighted by atomic mass is 16.5. The molecule has 0 spiro atoms. The van der Waals surface area contributed by atoms with Gasteiger partial charge in [0.15, 0.2) is 12.4 Å². The zero-order chi connectivity index (χ0) is 17.8. The summed E-state index contributed by atoms with van der Waals surface area (Å²) < 4.78 is 10.5. The SMILES string of the molecule is CCCOC(=O)[C@H]1[C@@H](C(=O)OCC(=O)c2ccccc2)[C@H]2C=C[C@@H]1C2. The Morgan fingerprint density at radius 3 is 2.16 bits per heavy atom. The molecule has 132 valence electrons. The van der Waals surface area contributed by atoms with Crippen molar-refractivity contribution in [1.82, 2.24) is 0 Å². The Balaban J connectivity index is 1.63. The Hall–Kier alpha value is -2.43. The molecule has 0 amide bonds. The normalized spacial score (nSPS) is 26.4. The van der Waals surface area contributed by atoms with Gasteiger partial charge in [-0.15, -0.1) is 0 Å². The molecule has 3 rings (SSSR count). The summed E-state index contributed by atoms with van der Waals surface area (Å²) in [4.78, 5) is 37.0. The molecular weight excluding hydrogens is 320 g/mol. The summed E-state index contributed by atoms with van der Waals surface area (Å²) >= 11 is 0. The average molecular weight is 342 g/mol. The summed E-state index contributed by atoms with van der Waals surface area (Å²) in [5.41, 5.74) is 0.502. The minimum absolute atomic E-state index is 0.0106. The second kappa shape index (κ2) is 7.64. The van der Waals surface area contributed by atoms with Crippen LogP contribution in [0.25, 0.3) is 0 Å². The Bertz CT molecular complexity index is 679. The lowest BCUT2D eigenvalue weighted by Crippen LogP contribution is -2.36. The summed E-state index contributed by atoms with van der Waals surface area (Å²) in [7, 11) is 0. The third-order valence-electron chi connectivity index (χ3n) is 4.89. The number of Topliss-reactive ketones (excluding diaryl/α,β-unsaturated/α-hetero) is 1. The van der Waals surface area contributed by atoms with E-state index >= 15 is 0 Å². The quantitative estimate of drug-likeness (QED) is 0.433. The Morgan fingerprint density at radius 1 is 0.960 bits per heavy atom. The van der Waals surface area contributed by atoms with Crippen LogP contribution in [0.3, 0.4) is 0 Å². The molecule has 5 nitrogen and oxygen atoms in total. The van der Waals surface area contributed by atoms with Gasteiger partial charge in [0.05, 0.1) is 18.4 Å². The van der Waals surface area contributed by atoms with Crippen LogP contribution < -0.4 is 0 Å². The van der Waals surface area contributed by atoms with E-state index in [-0.39, 0.29) is 30.2 Å². The van der Waals surface area contributed by atoms with E-state index < -0.39 is 17.8 Å². The number of esters is 2. The van der Waals surface area contributed by atoms with Crippen LogP contribution in [0.2, 0.25) is 0 Å². The summed E-state index contributed by atoms with van der Waals surface area (Å²) in [6.45, 7) is 1.97. The molecule has 0 aromatic heterocycles. The number of fused-ring (bicyclic) bond motifs is 2. The van der Waals surface area contributed by atoms with E-state index in [0.29, 0.717) is 12.2 Å². The number of carbonyl (C=O) groups is 3. The molecule has 25 heavy (non-hydrogen) atoms. The third-order valence-corrected chi connectivity index (χ3v) is 4.89. The molecule has 0 aliphatic heterocycles. The van der Waals surface area contributed by atoms with Gasteiger partial charge in [-0.25, -0.2) is 0 Å². The number of benzene rings is 1. The minimum Gasteiger partial charge on any atom is -0.465 e. The number of allylic oxidation sites excluding steroid dienone is 2. The monoisotopic (exact) mass is 342 g/mol. The van der Waals surface area contributed by atoms with Crippen molar-refractivity contribution in [3.8, 4) is 0 Å². The fourth-order valence-corrected chi connectivity index (χ4v) is 3.70. The topological polar surface area (TPSA) is 69.7 Å². The Morgan fingerprint density at radius 2 is 1.56 bits per heavy atom. The molecule has 1 aromatic rings. The third kappa shape index (κ3) is 3.65. The van der Waals surface area contributed by atoms with E-state index in [1.165, 1.54) is 0 Å². The molecule has 2 aliphatic carbocycles. The van der Waals surface area contributed by atoms with E-state index in [4.69, 9.17) is 9.47 Å². The number of carbonyl (C=O) groups excluding carboxylic acids is 3. The first-order valence-electron chi connectivity index (χ1n) is 8.71. The van der Waals surface area contributed by atoms with E-state index in [1.807, 2.05) is 25.1 Å². The van der Waals surface area contributed by atoms with E-state index in [2.05, 4.69) is 0 Å². The largest absolute Gasteiger partial charge is 0.465 e. The van der Waals surface area contributed by atoms with Gasteiger partial charge in [0.1, 0.15) is 0 Å². The molecule has 5 heteroatoms. The van der Waals surface area contributed by atoms with Gasteiger partial charge in [-0.2, -0.15) is 0 Å². The average Bonchev–Trinajstić information content (AvgIpc) is 3.26. The first-order chi connectivity index (χ1) is 12.1. The molecular formula is C20H22O5. The Kier molecular flexibility index (Phi) is 5.31. The fraction of sp³-hybridized carbons (Fsp3) is 0.450. The number of hydrogen-bond acceptors (Lipinski definition) is 5. The maximum Gasteiger partial charge on any atom is 0.310 e. The zero-order valence-electron chi connectivity index (χ0n) is 14.2. The van der Waals surface area contributed by atoms with Crippen LogP contribution >= 0.6 is 0 Å². The molecule has 0 unspecified atom stereocenters. The van der Waals surface area contributed by atoms with Crippen molar-refractivity contribution in [1.29, 1.82) is 0 Å². The molecule has 2 bridgehead atoms. The van der Waals surface area contributed by atoms with Gasteiger partial charge in [-0.05, 0) is 24.7 Å². The van der Waals surface area contributed by atoms with Crippen LogP contribution in [0.1, 0.15) is 30.1 Å². The molecule has 0 N–H and O–H groups in total. The predicted molar refractivity (Wildman–Crippen MR) is 90.7 cm³/mol. The van der Waals surface area contributed by atoms with E-state index in [9.17, 15) is 14.4 Å². The maximum atomic E-state index is 12.5. The van der Waals surface area contributed by atoms with Gasteiger partial charge in [0.2, 0.25) is 0 Å². The van der Waals surface area contributed by atoms with Gasteiger partial charge < -0.3 is 9.47 Å². The first kappa shape index (κ1) is 17.4. The summed E-state index contributed by atoms with van der Waals surface area (Å²) in [6, 6.07) is 8.70.